The maximum Gasteiger partial charge on any atom is 0.262 e. The van der Waals surface area contributed by atoms with E-state index in [0.717, 1.165) is 47.8 Å². The van der Waals surface area contributed by atoms with E-state index in [4.69, 9.17) is 37.2 Å². The van der Waals surface area contributed by atoms with Gasteiger partial charge < -0.3 is 14.0 Å². The van der Waals surface area contributed by atoms with Gasteiger partial charge in [0.05, 0.1) is 21.2 Å². The fourth-order valence-corrected chi connectivity index (χ4v) is 5.98. The third kappa shape index (κ3) is 5.93. The lowest BCUT2D eigenvalue weighted by molar-refractivity contribution is 0.0984. The van der Waals surface area contributed by atoms with Crippen molar-refractivity contribution in [3.8, 4) is 28.6 Å². The number of rotatable bonds is 10. The average Bonchev–Trinajstić information content (AvgIpc) is 3.94. The minimum Gasteiger partial charge on any atom is -0.489 e. The molecule has 0 spiro atoms. The van der Waals surface area contributed by atoms with Crippen LogP contribution >= 0.6 is 35.1 Å². The number of amides is 1. The summed E-state index contributed by atoms with van der Waals surface area (Å²) in [5.41, 5.74) is 2.64. The van der Waals surface area contributed by atoms with Gasteiger partial charge in [-0.2, -0.15) is 0 Å². The van der Waals surface area contributed by atoms with Crippen molar-refractivity contribution in [3.63, 3.8) is 0 Å². The summed E-state index contributed by atoms with van der Waals surface area (Å²) in [5.74, 6) is 2.80. The molecular weight excluding hydrogens is 593 g/mol. The minimum atomic E-state index is -0.147. The first-order valence-corrected chi connectivity index (χ1v) is 15.3. The molecule has 2 aliphatic rings. The van der Waals surface area contributed by atoms with Crippen LogP contribution in [-0.2, 0) is 6.61 Å². The van der Waals surface area contributed by atoms with Crippen LogP contribution in [0, 0.1) is 0 Å². The predicted molar refractivity (Wildman–Crippen MR) is 165 cm³/mol. The van der Waals surface area contributed by atoms with E-state index in [0.29, 0.717) is 55.4 Å². The van der Waals surface area contributed by atoms with Crippen LogP contribution in [-0.4, -0.2) is 21.3 Å². The van der Waals surface area contributed by atoms with Gasteiger partial charge in [0.1, 0.15) is 29.6 Å². The zero-order valence-electron chi connectivity index (χ0n) is 22.3. The second-order valence-corrected chi connectivity index (χ2v) is 12.4. The van der Waals surface area contributed by atoms with Crippen molar-refractivity contribution in [2.24, 2.45) is 0 Å². The Bertz CT molecular complexity index is 1760. The lowest BCUT2D eigenvalue weighted by Crippen LogP contribution is -2.16. The Kier molecular flexibility index (Phi) is 7.44. The summed E-state index contributed by atoms with van der Waals surface area (Å²) >= 11 is 14.5. The average molecular weight is 619 g/mol. The number of fused-ring (bicyclic) bond motifs is 1. The summed E-state index contributed by atoms with van der Waals surface area (Å²) in [6.07, 6.45) is 5.96. The largest absolute Gasteiger partial charge is 0.489 e. The SMILES string of the molecule is O=C(NSC1CC1)c1ccc(Oc2ccc3cc(OCc4c(-c5c(Cl)cccc5Cl)noc4C4CC4)ccc3c2)nc1. The number of carbonyl (C=O) groups is 1. The molecule has 0 bridgehead atoms. The first-order valence-electron chi connectivity index (χ1n) is 13.7. The van der Waals surface area contributed by atoms with Gasteiger partial charge in [0.2, 0.25) is 5.88 Å². The molecule has 1 N–H and O–H groups in total. The zero-order valence-corrected chi connectivity index (χ0v) is 24.6. The summed E-state index contributed by atoms with van der Waals surface area (Å²) < 4.78 is 20.8. The van der Waals surface area contributed by atoms with E-state index < -0.39 is 0 Å². The van der Waals surface area contributed by atoms with E-state index in [-0.39, 0.29) is 12.5 Å². The quantitative estimate of drug-likeness (QED) is 0.156. The fraction of sp³-hybridized carbons (Fsp3) is 0.219. The number of hydrogen-bond donors (Lipinski definition) is 1. The maximum atomic E-state index is 12.3. The summed E-state index contributed by atoms with van der Waals surface area (Å²) in [6.45, 7) is 0.276. The number of pyridine rings is 1. The van der Waals surface area contributed by atoms with Crippen LogP contribution in [0.1, 0.15) is 53.3 Å². The van der Waals surface area contributed by atoms with Crippen LogP contribution in [0.25, 0.3) is 22.0 Å². The van der Waals surface area contributed by atoms with E-state index in [2.05, 4.69) is 14.9 Å². The minimum absolute atomic E-state index is 0.147. The summed E-state index contributed by atoms with van der Waals surface area (Å²) in [7, 11) is 0. The molecular formula is C32H25Cl2N3O4S. The molecule has 0 saturated heterocycles. The first-order chi connectivity index (χ1) is 20.5. The van der Waals surface area contributed by atoms with Gasteiger partial charge in [-0.1, -0.05) is 46.6 Å². The van der Waals surface area contributed by atoms with Crippen molar-refractivity contribution in [3.05, 3.63) is 99.9 Å². The van der Waals surface area contributed by atoms with Gasteiger partial charge in [-0.15, -0.1) is 0 Å². The lowest BCUT2D eigenvalue weighted by atomic mass is 10.0. The molecule has 7 nitrogen and oxygen atoms in total. The Morgan fingerprint density at radius 1 is 0.952 bits per heavy atom. The number of nitrogens with zero attached hydrogens (tertiary/aromatic N) is 2. The highest BCUT2D eigenvalue weighted by Crippen LogP contribution is 2.46. The Labute approximate surface area is 256 Å². The van der Waals surface area contributed by atoms with Crippen molar-refractivity contribution in [2.75, 3.05) is 0 Å². The Morgan fingerprint density at radius 2 is 1.69 bits per heavy atom. The van der Waals surface area contributed by atoms with E-state index in [1.54, 1.807) is 30.3 Å². The molecule has 7 rings (SSSR count). The lowest BCUT2D eigenvalue weighted by Gasteiger charge is -2.11. The van der Waals surface area contributed by atoms with Gasteiger partial charge in [0, 0.05) is 29.0 Å². The first kappa shape index (κ1) is 27.1. The monoisotopic (exact) mass is 617 g/mol. The van der Waals surface area contributed by atoms with E-state index in [1.165, 1.54) is 18.1 Å². The third-order valence-electron chi connectivity index (χ3n) is 7.20. The molecule has 2 heterocycles. The predicted octanol–water partition coefficient (Wildman–Crippen LogP) is 8.99. The summed E-state index contributed by atoms with van der Waals surface area (Å²) in [6, 6.07) is 20.5. The van der Waals surface area contributed by atoms with Gasteiger partial charge in [-0.25, -0.2) is 4.98 Å². The van der Waals surface area contributed by atoms with Gasteiger partial charge >= 0.3 is 0 Å². The summed E-state index contributed by atoms with van der Waals surface area (Å²) in [4.78, 5) is 16.6. The van der Waals surface area contributed by atoms with Crippen molar-refractivity contribution >= 4 is 51.8 Å². The molecule has 2 aliphatic carbocycles. The molecule has 0 aliphatic heterocycles. The normalized spacial score (nSPS) is 14.6. The molecule has 0 radical (unpaired) electrons. The number of benzene rings is 3. The number of nitrogens with one attached hydrogen (secondary N) is 1. The van der Waals surface area contributed by atoms with E-state index >= 15 is 0 Å². The van der Waals surface area contributed by atoms with Crippen molar-refractivity contribution in [1.82, 2.24) is 14.9 Å². The molecule has 1 amide bonds. The Balaban J connectivity index is 1.04. The van der Waals surface area contributed by atoms with Crippen LogP contribution in [0.4, 0.5) is 0 Å². The topological polar surface area (TPSA) is 86.5 Å². The van der Waals surface area contributed by atoms with Crippen LogP contribution < -0.4 is 14.2 Å². The zero-order chi connectivity index (χ0) is 28.6. The molecule has 10 heteroatoms. The number of carbonyl (C=O) groups excluding carboxylic acids is 1. The number of halogens is 2. The van der Waals surface area contributed by atoms with Crippen LogP contribution in [0.15, 0.2) is 77.4 Å². The van der Waals surface area contributed by atoms with Crippen molar-refractivity contribution in [2.45, 2.75) is 43.5 Å². The third-order valence-corrected chi connectivity index (χ3v) is 8.93. The second-order valence-electron chi connectivity index (χ2n) is 10.4. The molecule has 3 aromatic carbocycles. The summed E-state index contributed by atoms with van der Waals surface area (Å²) in [5, 5.41) is 7.90. The second kappa shape index (κ2) is 11.5. The van der Waals surface area contributed by atoms with E-state index in [1.807, 2.05) is 36.4 Å². The van der Waals surface area contributed by atoms with Crippen LogP contribution in [0.5, 0.6) is 17.4 Å². The molecule has 2 saturated carbocycles. The molecule has 212 valence electrons. The van der Waals surface area contributed by atoms with E-state index in [9.17, 15) is 4.79 Å². The standard InChI is InChI=1S/C32H25Cl2N3O4S/c33-26-2-1-3-27(34)29(26)30-25(31(41-36-30)18-4-5-18)17-39-22-9-6-20-15-23(10-7-19(20)14-22)40-28-13-8-21(16-35-28)32(38)37-42-24-11-12-24/h1-3,6-10,13-16,18,24H,4-5,11-12,17H2,(H,37,38). The molecule has 5 aromatic rings. The van der Waals surface area contributed by atoms with Crippen molar-refractivity contribution in [1.29, 1.82) is 0 Å². The highest BCUT2D eigenvalue weighted by atomic mass is 35.5. The molecule has 42 heavy (non-hydrogen) atoms. The Hall–Kier alpha value is -3.72. The number of ether oxygens (including phenoxy) is 2. The number of hydrogen-bond acceptors (Lipinski definition) is 7. The van der Waals surface area contributed by atoms with Gasteiger partial charge in [0.15, 0.2) is 0 Å². The smallest absolute Gasteiger partial charge is 0.262 e. The fourth-order valence-electron chi connectivity index (χ4n) is 4.64. The van der Waals surface area contributed by atoms with Crippen molar-refractivity contribution < 1.29 is 18.8 Å². The number of aromatic nitrogens is 2. The highest BCUT2D eigenvalue weighted by molar-refractivity contribution is 7.98. The van der Waals surface area contributed by atoms with Gasteiger partial charge in [0.25, 0.3) is 5.91 Å². The highest BCUT2D eigenvalue weighted by Gasteiger charge is 2.33. The molecule has 0 atom stereocenters. The molecule has 2 aromatic heterocycles. The van der Waals surface area contributed by atoms with Crippen LogP contribution in [0.2, 0.25) is 10.0 Å². The Morgan fingerprint density at radius 3 is 2.38 bits per heavy atom. The molecule has 2 fully saturated rings. The van der Waals surface area contributed by atoms with Crippen LogP contribution in [0.3, 0.4) is 0 Å². The van der Waals surface area contributed by atoms with Gasteiger partial charge in [-0.05, 0) is 90.9 Å². The molecule has 0 unspecified atom stereocenters. The van der Waals surface area contributed by atoms with Gasteiger partial charge in [-0.3, -0.25) is 9.52 Å². The maximum absolute atomic E-state index is 12.3.